The molecule has 0 amide bonds. The average Bonchev–Trinajstić information content (AvgIpc) is 2.67. The Balaban J connectivity index is 1.67. The minimum Gasteiger partial charge on any atom is -0.338 e. The van der Waals surface area contributed by atoms with Crippen molar-refractivity contribution >= 4 is 23.5 Å². The first kappa shape index (κ1) is 19.8. The molecule has 10 nitrogen and oxygen atoms in total. The molecule has 0 spiro atoms. The van der Waals surface area contributed by atoms with Crippen LogP contribution in [-0.2, 0) is 0 Å². The van der Waals surface area contributed by atoms with E-state index in [0.29, 0.717) is 44.0 Å². The maximum atomic E-state index is 6.18. The summed E-state index contributed by atoms with van der Waals surface area (Å²) in [5.41, 5.74) is 25.6. The highest BCUT2D eigenvalue weighted by Gasteiger charge is 2.28. The van der Waals surface area contributed by atoms with E-state index in [-0.39, 0.29) is 24.2 Å². The molecule has 3 heterocycles. The van der Waals surface area contributed by atoms with Crippen molar-refractivity contribution in [1.29, 1.82) is 0 Å². The number of piperidine rings is 2. The second-order valence-corrected chi connectivity index (χ2v) is 8.07. The number of para-hydroxylation sites is 1. The molecule has 29 heavy (non-hydrogen) atoms. The van der Waals surface area contributed by atoms with Gasteiger partial charge in [0, 0.05) is 56.0 Å². The number of nitrogens with two attached hydrogens (primary N) is 4. The fourth-order valence-corrected chi connectivity index (χ4v) is 4.03. The standard InChI is InChI=1S/C19H30N10/c20-12-6-13(21)9-28(8-12)18-25-17(24-16-4-2-1-3-5-16)26-19(27-18)29-10-14(22)7-15(23)11-29/h1-5,12-15H,6-11,20-23H2,(H,24,25,26,27). The minimum atomic E-state index is -0.0127. The molecule has 10 heteroatoms. The van der Waals surface area contributed by atoms with Gasteiger partial charge in [0.15, 0.2) is 0 Å². The van der Waals surface area contributed by atoms with E-state index in [2.05, 4.69) is 15.3 Å². The Bertz CT molecular complexity index is 752. The van der Waals surface area contributed by atoms with Crippen molar-refractivity contribution < 1.29 is 0 Å². The van der Waals surface area contributed by atoms with E-state index in [0.717, 1.165) is 18.5 Å². The van der Waals surface area contributed by atoms with Crippen LogP contribution in [0.1, 0.15) is 12.8 Å². The van der Waals surface area contributed by atoms with Crippen LogP contribution in [0.25, 0.3) is 0 Å². The summed E-state index contributed by atoms with van der Waals surface area (Å²) in [6, 6.07) is 9.74. The van der Waals surface area contributed by atoms with Crippen molar-refractivity contribution in [3.8, 4) is 0 Å². The van der Waals surface area contributed by atoms with Gasteiger partial charge in [-0.25, -0.2) is 0 Å². The van der Waals surface area contributed by atoms with E-state index in [4.69, 9.17) is 27.9 Å². The van der Waals surface area contributed by atoms with Crippen molar-refractivity contribution in [2.75, 3.05) is 41.3 Å². The van der Waals surface area contributed by atoms with Crippen molar-refractivity contribution in [3.05, 3.63) is 30.3 Å². The smallest absolute Gasteiger partial charge is 0.233 e. The van der Waals surface area contributed by atoms with Crippen LogP contribution in [0.15, 0.2) is 30.3 Å². The van der Waals surface area contributed by atoms with Gasteiger partial charge in [-0.3, -0.25) is 0 Å². The van der Waals surface area contributed by atoms with Gasteiger partial charge >= 0.3 is 0 Å². The van der Waals surface area contributed by atoms with E-state index in [1.807, 2.05) is 40.1 Å². The van der Waals surface area contributed by atoms with E-state index in [1.165, 1.54) is 0 Å². The van der Waals surface area contributed by atoms with Crippen molar-refractivity contribution in [2.24, 2.45) is 22.9 Å². The van der Waals surface area contributed by atoms with Gasteiger partial charge in [-0.05, 0) is 25.0 Å². The lowest BCUT2D eigenvalue weighted by molar-refractivity contribution is 0.441. The summed E-state index contributed by atoms with van der Waals surface area (Å²) in [5, 5.41) is 3.27. The maximum absolute atomic E-state index is 6.18. The highest BCUT2D eigenvalue weighted by atomic mass is 15.4. The molecule has 4 atom stereocenters. The zero-order chi connectivity index (χ0) is 20.4. The van der Waals surface area contributed by atoms with Gasteiger partial charge in [0.1, 0.15) is 0 Å². The molecule has 0 saturated carbocycles. The molecule has 9 N–H and O–H groups in total. The SMILES string of the molecule is NC1CC(N)CN(c2nc(Nc3ccccc3)nc(N3CC(N)CC(N)C3)n2)C1. The van der Waals surface area contributed by atoms with Crippen LogP contribution in [0.3, 0.4) is 0 Å². The van der Waals surface area contributed by atoms with Crippen LogP contribution in [-0.4, -0.2) is 65.3 Å². The molecule has 1 aromatic heterocycles. The highest BCUT2D eigenvalue weighted by Crippen LogP contribution is 2.23. The second-order valence-electron chi connectivity index (χ2n) is 8.07. The number of nitrogens with zero attached hydrogens (tertiary/aromatic N) is 5. The first-order chi connectivity index (χ1) is 14.0. The summed E-state index contributed by atoms with van der Waals surface area (Å²) >= 11 is 0. The molecular weight excluding hydrogens is 368 g/mol. The van der Waals surface area contributed by atoms with E-state index >= 15 is 0 Å². The van der Waals surface area contributed by atoms with Crippen LogP contribution in [0.4, 0.5) is 23.5 Å². The molecular formula is C19H30N10. The van der Waals surface area contributed by atoms with Gasteiger partial charge in [-0.2, -0.15) is 15.0 Å². The molecule has 2 aromatic rings. The molecule has 2 fully saturated rings. The minimum absolute atomic E-state index is 0.0127. The Hall–Kier alpha value is -2.53. The van der Waals surface area contributed by atoms with Crippen LogP contribution in [0.2, 0.25) is 0 Å². The topological polar surface area (TPSA) is 161 Å². The second kappa shape index (κ2) is 8.46. The van der Waals surface area contributed by atoms with Crippen molar-refractivity contribution in [1.82, 2.24) is 15.0 Å². The first-order valence-electron chi connectivity index (χ1n) is 10.1. The number of aromatic nitrogens is 3. The fraction of sp³-hybridized carbons (Fsp3) is 0.526. The molecule has 4 unspecified atom stereocenters. The molecule has 2 aliphatic rings. The summed E-state index contributed by atoms with van der Waals surface area (Å²) in [7, 11) is 0. The van der Waals surface area contributed by atoms with Gasteiger partial charge in [0.05, 0.1) is 0 Å². The Kier molecular flexibility index (Phi) is 5.76. The highest BCUT2D eigenvalue weighted by molar-refractivity contribution is 5.56. The summed E-state index contributed by atoms with van der Waals surface area (Å²) in [6.45, 7) is 2.61. The predicted molar refractivity (Wildman–Crippen MR) is 115 cm³/mol. The average molecular weight is 399 g/mol. The quantitative estimate of drug-likeness (QED) is 0.447. The first-order valence-corrected chi connectivity index (χ1v) is 10.1. The number of benzene rings is 1. The zero-order valence-electron chi connectivity index (χ0n) is 16.5. The summed E-state index contributed by atoms with van der Waals surface area (Å²) in [6.07, 6.45) is 1.58. The third-order valence-corrected chi connectivity index (χ3v) is 5.24. The van der Waals surface area contributed by atoms with Crippen molar-refractivity contribution in [2.45, 2.75) is 37.0 Å². The molecule has 2 aliphatic heterocycles. The summed E-state index contributed by atoms with van der Waals surface area (Å²) in [5.74, 6) is 1.59. The Morgan fingerprint density at radius 3 is 1.59 bits per heavy atom. The third-order valence-electron chi connectivity index (χ3n) is 5.24. The summed E-state index contributed by atoms with van der Waals surface area (Å²) in [4.78, 5) is 18.1. The largest absolute Gasteiger partial charge is 0.338 e. The van der Waals surface area contributed by atoms with E-state index in [1.54, 1.807) is 0 Å². The predicted octanol–water partition coefficient (Wildman–Crippen LogP) is -0.655. The Morgan fingerprint density at radius 2 is 1.14 bits per heavy atom. The van der Waals surface area contributed by atoms with Crippen LogP contribution < -0.4 is 38.1 Å². The van der Waals surface area contributed by atoms with Gasteiger partial charge in [-0.1, -0.05) is 18.2 Å². The number of rotatable bonds is 4. The fourth-order valence-electron chi connectivity index (χ4n) is 4.03. The molecule has 0 radical (unpaired) electrons. The van der Waals surface area contributed by atoms with Gasteiger partial charge < -0.3 is 38.1 Å². The molecule has 0 aliphatic carbocycles. The summed E-state index contributed by atoms with van der Waals surface area (Å²) < 4.78 is 0. The van der Waals surface area contributed by atoms with Gasteiger partial charge in [-0.15, -0.1) is 0 Å². The lowest BCUT2D eigenvalue weighted by Gasteiger charge is -2.37. The molecule has 1 aromatic carbocycles. The maximum Gasteiger partial charge on any atom is 0.233 e. The number of hydrogen-bond donors (Lipinski definition) is 5. The monoisotopic (exact) mass is 398 g/mol. The molecule has 0 bridgehead atoms. The van der Waals surface area contributed by atoms with Crippen molar-refractivity contribution in [3.63, 3.8) is 0 Å². The lowest BCUT2D eigenvalue weighted by Crippen LogP contribution is -2.54. The number of hydrogen-bond acceptors (Lipinski definition) is 10. The van der Waals surface area contributed by atoms with E-state index in [9.17, 15) is 0 Å². The number of nitrogens with one attached hydrogen (secondary N) is 1. The Morgan fingerprint density at radius 1 is 0.690 bits per heavy atom. The normalized spacial score (nSPS) is 27.7. The lowest BCUT2D eigenvalue weighted by atomic mass is 10.0. The zero-order valence-corrected chi connectivity index (χ0v) is 16.5. The van der Waals surface area contributed by atoms with E-state index < -0.39 is 0 Å². The molecule has 4 rings (SSSR count). The van der Waals surface area contributed by atoms with Crippen LogP contribution >= 0.6 is 0 Å². The molecule has 156 valence electrons. The third kappa shape index (κ3) is 4.91. The van der Waals surface area contributed by atoms with Crippen LogP contribution in [0.5, 0.6) is 0 Å². The Labute approximate surface area is 170 Å². The van der Waals surface area contributed by atoms with Gasteiger partial charge in [0.2, 0.25) is 17.8 Å². The molecule has 2 saturated heterocycles. The number of anilines is 4. The van der Waals surface area contributed by atoms with Crippen LogP contribution in [0, 0.1) is 0 Å². The van der Waals surface area contributed by atoms with Gasteiger partial charge in [0.25, 0.3) is 0 Å².